The van der Waals surface area contributed by atoms with E-state index in [9.17, 15) is 9.90 Å². The molecule has 1 unspecified atom stereocenters. The van der Waals surface area contributed by atoms with Crippen molar-refractivity contribution in [1.29, 1.82) is 0 Å². The lowest BCUT2D eigenvalue weighted by atomic mass is 10.0. The number of aliphatic hydroxyl groups is 1. The summed E-state index contributed by atoms with van der Waals surface area (Å²) in [5, 5.41) is 9.49. The van der Waals surface area contributed by atoms with E-state index in [-0.39, 0.29) is 12.3 Å². The van der Waals surface area contributed by atoms with Gasteiger partial charge >= 0.3 is 0 Å². The van der Waals surface area contributed by atoms with Crippen molar-refractivity contribution in [2.45, 2.75) is 32.3 Å². The van der Waals surface area contributed by atoms with Gasteiger partial charge in [0.1, 0.15) is 0 Å². The molecule has 0 radical (unpaired) electrons. The molecule has 92 valence electrons. The maximum Gasteiger partial charge on any atom is 0.229 e. The van der Waals surface area contributed by atoms with Crippen molar-refractivity contribution < 1.29 is 9.90 Å². The summed E-state index contributed by atoms with van der Waals surface area (Å²) in [4.78, 5) is 13.3. The van der Waals surface area contributed by atoms with Crippen LogP contribution < -0.4 is 4.90 Å². The number of halogens is 1. The summed E-state index contributed by atoms with van der Waals surface area (Å²) >= 11 is 3.50. The van der Waals surface area contributed by atoms with E-state index < -0.39 is 6.10 Å². The van der Waals surface area contributed by atoms with Gasteiger partial charge in [0.25, 0.3) is 0 Å². The number of hydrogen-bond acceptors (Lipinski definition) is 2. The van der Waals surface area contributed by atoms with Crippen LogP contribution in [0.4, 0.5) is 5.69 Å². The summed E-state index contributed by atoms with van der Waals surface area (Å²) < 4.78 is 0.908. The highest BCUT2D eigenvalue weighted by Gasteiger charge is 2.30. The number of nitrogens with zero attached hydrogens (tertiary/aromatic N) is 1. The van der Waals surface area contributed by atoms with Gasteiger partial charge in [-0.25, -0.2) is 0 Å². The van der Waals surface area contributed by atoms with E-state index in [1.165, 1.54) is 5.56 Å². The van der Waals surface area contributed by atoms with Gasteiger partial charge in [0.05, 0.1) is 24.8 Å². The first-order valence-electron chi connectivity index (χ1n) is 5.77. The van der Waals surface area contributed by atoms with Gasteiger partial charge in [-0.05, 0) is 39.5 Å². The van der Waals surface area contributed by atoms with Crippen LogP contribution in [0.25, 0.3) is 0 Å². The summed E-state index contributed by atoms with van der Waals surface area (Å²) in [6.45, 7) is 4.65. The van der Waals surface area contributed by atoms with Crippen molar-refractivity contribution >= 4 is 27.5 Å². The summed E-state index contributed by atoms with van der Waals surface area (Å²) in [6.07, 6.45) is -0.322. The van der Waals surface area contributed by atoms with Crippen LogP contribution in [-0.2, 0) is 4.79 Å². The predicted molar refractivity (Wildman–Crippen MR) is 71.2 cm³/mol. The SMILES string of the molecule is CC(C)c1ccc(N2CC(O)CC2=O)c(Br)c1. The number of benzene rings is 1. The molecule has 0 bridgehead atoms. The summed E-state index contributed by atoms with van der Waals surface area (Å²) in [5.74, 6) is 0.440. The van der Waals surface area contributed by atoms with Gasteiger partial charge in [0.2, 0.25) is 5.91 Å². The lowest BCUT2D eigenvalue weighted by Crippen LogP contribution is -2.25. The second-order valence-corrected chi connectivity index (χ2v) is 5.58. The van der Waals surface area contributed by atoms with E-state index in [0.717, 1.165) is 10.2 Å². The van der Waals surface area contributed by atoms with Crippen molar-refractivity contribution in [1.82, 2.24) is 0 Å². The van der Waals surface area contributed by atoms with Crippen LogP contribution in [0.2, 0.25) is 0 Å². The number of carbonyl (C=O) groups is 1. The highest BCUT2D eigenvalue weighted by atomic mass is 79.9. The molecule has 1 atom stereocenters. The molecule has 1 fully saturated rings. The first kappa shape index (κ1) is 12.6. The Morgan fingerprint density at radius 1 is 1.47 bits per heavy atom. The van der Waals surface area contributed by atoms with Gasteiger partial charge in [-0.3, -0.25) is 4.79 Å². The zero-order chi connectivity index (χ0) is 12.6. The summed E-state index contributed by atoms with van der Waals surface area (Å²) in [6, 6.07) is 6.01. The third-order valence-corrected chi connectivity index (χ3v) is 3.67. The third kappa shape index (κ3) is 2.53. The topological polar surface area (TPSA) is 40.5 Å². The largest absolute Gasteiger partial charge is 0.391 e. The van der Waals surface area contributed by atoms with Crippen LogP contribution in [0.5, 0.6) is 0 Å². The van der Waals surface area contributed by atoms with Gasteiger partial charge in [-0.15, -0.1) is 0 Å². The quantitative estimate of drug-likeness (QED) is 0.912. The Kier molecular flexibility index (Phi) is 3.54. The minimum absolute atomic E-state index is 0.0181. The minimum Gasteiger partial charge on any atom is -0.391 e. The first-order valence-corrected chi connectivity index (χ1v) is 6.56. The van der Waals surface area contributed by atoms with Gasteiger partial charge < -0.3 is 10.0 Å². The standard InChI is InChI=1S/C13H16BrNO2/c1-8(2)9-3-4-12(11(14)5-9)15-7-10(16)6-13(15)17/h3-5,8,10,16H,6-7H2,1-2H3. The molecule has 1 amide bonds. The molecule has 0 aromatic heterocycles. The average Bonchev–Trinajstić information content (AvgIpc) is 2.57. The molecule has 4 heteroatoms. The van der Waals surface area contributed by atoms with Gasteiger partial charge in [-0.1, -0.05) is 19.9 Å². The van der Waals surface area contributed by atoms with Crippen LogP contribution in [0.15, 0.2) is 22.7 Å². The van der Waals surface area contributed by atoms with E-state index in [2.05, 4.69) is 29.8 Å². The van der Waals surface area contributed by atoms with Crippen LogP contribution in [-0.4, -0.2) is 23.7 Å². The van der Waals surface area contributed by atoms with Crippen molar-refractivity contribution in [3.8, 4) is 0 Å². The molecule has 2 rings (SSSR count). The Labute approximate surface area is 110 Å². The monoisotopic (exact) mass is 297 g/mol. The van der Waals surface area contributed by atoms with Crippen LogP contribution in [0, 0.1) is 0 Å². The molecule has 1 aliphatic heterocycles. The number of anilines is 1. The molecule has 1 saturated heterocycles. The molecule has 0 aliphatic carbocycles. The molecular formula is C13H16BrNO2. The Hall–Kier alpha value is -0.870. The number of amides is 1. The van der Waals surface area contributed by atoms with Crippen LogP contribution in [0.1, 0.15) is 31.7 Å². The van der Waals surface area contributed by atoms with E-state index >= 15 is 0 Å². The molecule has 17 heavy (non-hydrogen) atoms. The molecule has 1 N–H and O–H groups in total. The number of β-amino-alcohol motifs (C(OH)–C–C–N with tert-alkyl or cyclic N) is 1. The smallest absolute Gasteiger partial charge is 0.229 e. The highest BCUT2D eigenvalue weighted by Crippen LogP contribution is 2.32. The summed E-state index contributed by atoms with van der Waals surface area (Å²) in [7, 11) is 0. The molecule has 1 aliphatic rings. The second kappa shape index (κ2) is 4.78. The zero-order valence-electron chi connectivity index (χ0n) is 9.98. The first-order chi connectivity index (χ1) is 7.99. The third-order valence-electron chi connectivity index (χ3n) is 3.03. The van der Waals surface area contributed by atoms with Crippen molar-refractivity contribution in [3.63, 3.8) is 0 Å². The molecule has 0 spiro atoms. The fraction of sp³-hybridized carbons (Fsp3) is 0.462. The Bertz CT molecular complexity index is 445. The van der Waals surface area contributed by atoms with E-state index in [1.54, 1.807) is 4.90 Å². The number of carbonyl (C=O) groups excluding carboxylic acids is 1. The zero-order valence-corrected chi connectivity index (χ0v) is 11.6. The van der Waals surface area contributed by atoms with Crippen molar-refractivity contribution in [3.05, 3.63) is 28.2 Å². The molecule has 1 heterocycles. The maximum absolute atomic E-state index is 11.7. The van der Waals surface area contributed by atoms with E-state index in [0.29, 0.717) is 12.5 Å². The van der Waals surface area contributed by atoms with Crippen molar-refractivity contribution in [2.24, 2.45) is 0 Å². The minimum atomic E-state index is -0.542. The fourth-order valence-corrected chi connectivity index (χ4v) is 2.63. The Balaban J connectivity index is 2.31. The van der Waals surface area contributed by atoms with Gasteiger partial charge in [-0.2, -0.15) is 0 Å². The molecule has 3 nitrogen and oxygen atoms in total. The Morgan fingerprint density at radius 3 is 2.65 bits per heavy atom. The van der Waals surface area contributed by atoms with Gasteiger partial charge in [0.15, 0.2) is 0 Å². The Morgan fingerprint density at radius 2 is 2.18 bits per heavy atom. The normalized spacial score (nSPS) is 20.4. The molecular weight excluding hydrogens is 282 g/mol. The lowest BCUT2D eigenvalue weighted by molar-refractivity contribution is -0.117. The maximum atomic E-state index is 11.7. The number of aliphatic hydroxyl groups excluding tert-OH is 1. The van der Waals surface area contributed by atoms with Gasteiger partial charge in [0, 0.05) is 4.47 Å². The number of rotatable bonds is 2. The summed E-state index contributed by atoms with van der Waals surface area (Å²) in [5.41, 5.74) is 2.07. The highest BCUT2D eigenvalue weighted by molar-refractivity contribution is 9.10. The lowest BCUT2D eigenvalue weighted by Gasteiger charge is -2.19. The predicted octanol–water partition coefficient (Wildman–Crippen LogP) is 2.67. The number of hydrogen-bond donors (Lipinski definition) is 1. The van der Waals surface area contributed by atoms with Crippen LogP contribution in [0.3, 0.4) is 0 Å². The molecule has 1 aromatic carbocycles. The van der Waals surface area contributed by atoms with E-state index in [4.69, 9.17) is 0 Å². The average molecular weight is 298 g/mol. The van der Waals surface area contributed by atoms with E-state index in [1.807, 2.05) is 18.2 Å². The molecule has 1 aromatic rings. The fourth-order valence-electron chi connectivity index (χ4n) is 2.02. The van der Waals surface area contributed by atoms with Crippen LogP contribution >= 0.6 is 15.9 Å². The molecule has 0 saturated carbocycles. The second-order valence-electron chi connectivity index (χ2n) is 4.73. The van der Waals surface area contributed by atoms with Crippen molar-refractivity contribution in [2.75, 3.05) is 11.4 Å².